The second kappa shape index (κ2) is 8.79. The summed E-state index contributed by atoms with van der Waals surface area (Å²) in [6.45, 7) is -0.599. The van der Waals surface area contributed by atoms with Gasteiger partial charge < -0.3 is 14.9 Å². The fourth-order valence-corrected chi connectivity index (χ4v) is 6.44. The molecule has 1 aliphatic carbocycles. The largest absolute Gasteiger partial charge is 0.482 e. The Morgan fingerprint density at radius 1 is 1.09 bits per heavy atom. The van der Waals surface area contributed by atoms with Gasteiger partial charge in [0.05, 0.1) is 0 Å². The molecule has 172 valence electrons. The number of carboxylic acids is 2. The zero-order valence-electron chi connectivity index (χ0n) is 16.9. The van der Waals surface area contributed by atoms with Crippen LogP contribution in [0.15, 0.2) is 64.9 Å². The van der Waals surface area contributed by atoms with E-state index in [4.69, 9.17) is 21.4 Å². The average Bonchev–Trinajstić information content (AvgIpc) is 3.25. The molecular formula is C22H18ClNO7S2. The van der Waals surface area contributed by atoms with Crippen LogP contribution in [0.5, 0.6) is 5.75 Å². The number of halogens is 1. The highest BCUT2D eigenvalue weighted by Gasteiger charge is 2.64. The van der Waals surface area contributed by atoms with E-state index in [1.807, 2.05) is 0 Å². The van der Waals surface area contributed by atoms with Crippen LogP contribution in [0.4, 0.5) is 0 Å². The van der Waals surface area contributed by atoms with Crippen LogP contribution in [-0.2, 0) is 19.6 Å². The number of ether oxygens (including phenoxy) is 1. The summed E-state index contributed by atoms with van der Waals surface area (Å²) in [5.74, 6) is -3.02. The molecule has 1 saturated carbocycles. The summed E-state index contributed by atoms with van der Waals surface area (Å²) in [6.07, 6.45) is 0.00439. The van der Waals surface area contributed by atoms with Gasteiger partial charge in [0.25, 0.3) is 10.0 Å². The molecule has 0 aliphatic heterocycles. The first-order valence-electron chi connectivity index (χ1n) is 9.69. The maximum absolute atomic E-state index is 13.1. The molecule has 33 heavy (non-hydrogen) atoms. The van der Waals surface area contributed by atoms with Gasteiger partial charge in [0, 0.05) is 15.8 Å². The first-order chi connectivity index (χ1) is 15.6. The molecule has 1 heterocycles. The van der Waals surface area contributed by atoms with Crippen molar-refractivity contribution in [2.24, 2.45) is 0 Å². The predicted octanol–water partition coefficient (Wildman–Crippen LogP) is 3.82. The summed E-state index contributed by atoms with van der Waals surface area (Å²) < 4.78 is 33.8. The minimum absolute atomic E-state index is 0.00439. The molecule has 0 saturated heterocycles. The van der Waals surface area contributed by atoms with Crippen LogP contribution in [0, 0.1) is 0 Å². The Balaban J connectivity index is 1.59. The van der Waals surface area contributed by atoms with E-state index in [2.05, 4.69) is 4.72 Å². The van der Waals surface area contributed by atoms with Crippen molar-refractivity contribution >= 4 is 44.9 Å². The molecule has 4 rings (SSSR count). The number of aliphatic carboxylic acids is 2. The quantitative estimate of drug-likeness (QED) is 0.401. The SMILES string of the molecule is O=C(O)COc1ccccc1[C@@H]1C[C@]1(NS(=O)(=O)c1ccc(-c2ccc(Cl)cc2)s1)C(=O)O. The molecule has 1 aromatic heterocycles. The number of benzene rings is 2. The highest BCUT2D eigenvalue weighted by atomic mass is 35.5. The third kappa shape index (κ3) is 4.74. The van der Waals surface area contributed by atoms with E-state index >= 15 is 0 Å². The molecule has 3 N–H and O–H groups in total. The fraction of sp³-hybridized carbons (Fsp3) is 0.182. The van der Waals surface area contributed by atoms with Gasteiger partial charge in [0.15, 0.2) is 6.61 Å². The third-order valence-electron chi connectivity index (χ3n) is 5.28. The number of carboxylic acid groups (broad SMARTS) is 2. The standard InChI is InChI=1S/C22H18ClNO7S2/c23-14-7-5-13(6-8-14)18-9-10-20(32-18)33(29,30)24-22(21(27)28)11-16(22)15-3-1-2-4-17(15)31-12-19(25)26/h1-10,16,24H,11-12H2,(H,25,26)(H,27,28)/t16-,22+/m0/s1. The fourth-order valence-electron chi connectivity index (χ4n) is 3.59. The Hall–Kier alpha value is -2.92. The first-order valence-corrected chi connectivity index (χ1v) is 12.4. The lowest BCUT2D eigenvalue weighted by molar-refractivity contribution is -0.141. The number of nitrogens with one attached hydrogen (secondary N) is 1. The van der Waals surface area contributed by atoms with Gasteiger partial charge in [0.1, 0.15) is 15.5 Å². The second-order valence-corrected chi connectivity index (χ2v) is 10.9. The molecule has 0 amide bonds. The number of rotatable bonds is 9. The first kappa shape index (κ1) is 23.2. The molecule has 0 spiro atoms. The summed E-state index contributed by atoms with van der Waals surface area (Å²) in [4.78, 5) is 23.7. The molecule has 11 heteroatoms. The van der Waals surface area contributed by atoms with Crippen molar-refractivity contribution in [1.82, 2.24) is 4.72 Å². The topological polar surface area (TPSA) is 130 Å². The molecule has 3 aromatic rings. The Morgan fingerprint density at radius 2 is 1.79 bits per heavy atom. The van der Waals surface area contributed by atoms with Gasteiger partial charge in [-0.25, -0.2) is 13.2 Å². The smallest absolute Gasteiger partial charge is 0.341 e. The Labute approximate surface area is 198 Å². The molecule has 1 aliphatic rings. The maximum Gasteiger partial charge on any atom is 0.341 e. The maximum atomic E-state index is 13.1. The van der Waals surface area contributed by atoms with Gasteiger partial charge >= 0.3 is 11.9 Å². The van der Waals surface area contributed by atoms with E-state index in [1.54, 1.807) is 48.5 Å². The lowest BCUT2D eigenvalue weighted by Crippen LogP contribution is -2.44. The van der Waals surface area contributed by atoms with Crippen molar-refractivity contribution in [1.29, 1.82) is 0 Å². The van der Waals surface area contributed by atoms with Gasteiger partial charge in [-0.3, -0.25) is 4.79 Å². The number of thiophene rings is 1. The predicted molar refractivity (Wildman–Crippen MR) is 122 cm³/mol. The van der Waals surface area contributed by atoms with Crippen molar-refractivity contribution in [3.8, 4) is 16.2 Å². The van der Waals surface area contributed by atoms with E-state index in [1.165, 1.54) is 12.1 Å². The Bertz CT molecular complexity index is 1320. The Kier molecular flexibility index (Phi) is 6.19. The van der Waals surface area contributed by atoms with E-state index in [0.29, 0.717) is 15.5 Å². The van der Waals surface area contributed by atoms with Crippen molar-refractivity contribution in [2.45, 2.75) is 22.1 Å². The molecule has 0 unspecified atom stereocenters. The van der Waals surface area contributed by atoms with Gasteiger partial charge in [-0.15, -0.1) is 11.3 Å². The normalized spacial score (nSPS) is 19.7. The summed E-state index contributed by atoms with van der Waals surface area (Å²) in [5.41, 5.74) is -0.546. The zero-order chi connectivity index (χ0) is 23.8. The summed E-state index contributed by atoms with van der Waals surface area (Å²) in [7, 11) is -4.15. The van der Waals surface area contributed by atoms with E-state index < -0.39 is 40.0 Å². The zero-order valence-corrected chi connectivity index (χ0v) is 19.3. The van der Waals surface area contributed by atoms with Crippen LogP contribution in [0.3, 0.4) is 0 Å². The van der Waals surface area contributed by atoms with E-state index in [0.717, 1.165) is 16.9 Å². The van der Waals surface area contributed by atoms with Crippen LogP contribution < -0.4 is 9.46 Å². The number of hydrogen-bond donors (Lipinski definition) is 3. The van der Waals surface area contributed by atoms with E-state index in [-0.39, 0.29) is 16.4 Å². The molecule has 1 fully saturated rings. The van der Waals surface area contributed by atoms with Crippen LogP contribution in [0.25, 0.3) is 10.4 Å². The number of sulfonamides is 1. The minimum atomic E-state index is -4.15. The summed E-state index contributed by atoms with van der Waals surface area (Å²) in [6, 6.07) is 16.4. The Morgan fingerprint density at radius 3 is 2.45 bits per heavy atom. The highest BCUT2D eigenvalue weighted by Crippen LogP contribution is 2.55. The minimum Gasteiger partial charge on any atom is -0.482 e. The number of hydrogen-bond acceptors (Lipinski definition) is 6. The van der Waals surface area contributed by atoms with Gasteiger partial charge in [-0.2, -0.15) is 4.72 Å². The molecule has 2 aromatic carbocycles. The van der Waals surface area contributed by atoms with Crippen LogP contribution in [0.2, 0.25) is 5.02 Å². The second-order valence-electron chi connectivity index (χ2n) is 7.48. The summed E-state index contributed by atoms with van der Waals surface area (Å²) in [5, 5.41) is 19.3. The van der Waals surface area contributed by atoms with Gasteiger partial charge in [-0.05, 0) is 47.9 Å². The van der Waals surface area contributed by atoms with Gasteiger partial charge in [0.2, 0.25) is 0 Å². The molecule has 8 nitrogen and oxygen atoms in total. The average molecular weight is 508 g/mol. The molecule has 0 bridgehead atoms. The van der Waals surface area contributed by atoms with Crippen molar-refractivity contribution < 1.29 is 33.0 Å². The molecular weight excluding hydrogens is 490 g/mol. The lowest BCUT2D eigenvalue weighted by Gasteiger charge is -2.16. The van der Waals surface area contributed by atoms with Crippen molar-refractivity contribution in [2.75, 3.05) is 6.61 Å². The number of para-hydroxylation sites is 1. The molecule has 0 radical (unpaired) electrons. The number of carbonyl (C=O) groups is 2. The van der Waals surface area contributed by atoms with Crippen LogP contribution >= 0.6 is 22.9 Å². The van der Waals surface area contributed by atoms with E-state index in [9.17, 15) is 23.1 Å². The third-order valence-corrected chi connectivity index (χ3v) is 8.67. The molecule has 2 atom stereocenters. The monoisotopic (exact) mass is 507 g/mol. The van der Waals surface area contributed by atoms with Crippen LogP contribution in [0.1, 0.15) is 17.9 Å². The van der Waals surface area contributed by atoms with Crippen molar-refractivity contribution in [3.63, 3.8) is 0 Å². The van der Waals surface area contributed by atoms with Gasteiger partial charge in [-0.1, -0.05) is 41.9 Å². The summed E-state index contributed by atoms with van der Waals surface area (Å²) >= 11 is 6.91. The van der Waals surface area contributed by atoms with Crippen LogP contribution in [-0.4, -0.2) is 42.7 Å². The lowest BCUT2D eigenvalue weighted by atomic mass is 10.1. The highest BCUT2D eigenvalue weighted by molar-refractivity contribution is 7.91. The van der Waals surface area contributed by atoms with Crippen molar-refractivity contribution in [3.05, 3.63) is 71.2 Å².